The van der Waals surface area contributed by atoms with Crippen molar-refractivity contribution in [1.29, 1.82) is 0 Å². The largest absolute Gasteiger partial charge is 0.368 e. The van der Waals surface area contributed by atoms with Gasteiger partial charge >= 0.3 is 0 Å². The van der Waals surface area contributed by atoms with E-state index in [1.165, 1.54) is 6.07 Å². The molecule has 0 spiro atoms. The summed E-state index contributed by atoms with van der Waals surface area (Å²) in [6.45, 7) is 6.01. The molecule has 94 valence electrons. The summed E-state index contributed by atoms with van der Waals surface area (Å²) in [5.41, 5.74) is 0.655. The van der Waals surface area contributed by atoms with Gasteiger partial charge in [0.05, 0.1) is 5.69 Å². The number of hydrogen-bond acceptors (Lipinski definition) is 2. The van der Waals surface area contributed by atoms with Gasteiger partial charge in [-0.1, -0.05) is 25.4 Å². The Bertz CT molecular complexity index is 395. The molecule has 4 heteroatoms. The van der Waals surface area contributed by atoms with Crippen LogP contribution in [0.3, 0.4) is 0 Å². The maximum Gasteiger partial charge on any atom is 0.147 e. The summed E-state index contributed by atoms with van der Waals surface area (Å²) in [5.74, 6) is -0.234. The lowest BCUT2D eigenvalue weighted by molar-refractivity contribution is 0.491. The molecule has 1 unspecified atom stereocenters. The van der Waals surface area contributed by atoms with Gasteiger partial charge < -0.3 is 10.2 Å². The van der Waals surface area contributed by atoms with Crippen molar-refractivity contribution in [3.8, 4) is 0 Å². The van der Waals surface area contributed by atoms with Crippen molar-refractivity contribution >= 4 is 17.3 Å². The van der Waals surface area contributed by atoms with Gasteiger partial charge in [0, 0.05) is 30.2 Å². The molecule has 0 bridgehead atoms. The molecule has 0 saturated carbocycles. The number of hydrogen-bond donors (Lipinski definition) is 1. The van der Waals surface area contributed by atoms with Crippen LogP contribution in [0.5, 0.6) is 0 Å². The molecule has 1 aliphatic heterocycles. The van der Waals surface area contributed by atoms with Crippen molar-refractivity contribution in [2.24, 2.45) is 0 Å². The van der Waals surface area contributed by atoms with Crippen LogP contribution in [-0.2, 0) is 0 Å². The summed E-state index contributed by atoms with van der Waals surface area (Å²) >= 11 is 5.75. The minimum absolute atomic E-state index is 0.234. The fraction of sp³-hybridized carbons (Fsp3) is 0.538. The van der Waals surface area contributed by atoms with E-state index in [4.69, 9.17) is 11.6 Å². The zero-order valence-electron chi connectivity index (χ0n) is 10.2. The third-order valence-corrected chi connectivity index (χ3v) is 3.24. The maximum atomic E-state index is 13.7. The van der Waals surface area contributed by atoms with Crippen LogP contribution in [0.2, 0.25) is 5.02 Å². The summed E-state index contributed by atoms with van der Waals surface area (Å²) in [4.78, 5) is 2.08. The lowest BCUT2D eigenvalue weighted by atomic mass is 10.2. The predicted octanol–water partition coefficient (Wildman–Crippen LogP) is 3.06. The fourth-order valence-corrected chi connectivity index (χ4v) is 2.48. The van der Waals surface area contributed by atoms with E-state index in [1.54, 1.807) is 12.1 Å². The maximum absolute atomic E-state index is 13.7. The number of anilines is 1. The average molecular weight is 257 g/mol. The first-order chi connectivity index (χ1) is 8.06. The molecule has 1 fully saturated rings. The molecule has 1 saturated heterocycles. The third kappa shape index (κ3) is 3.11. The van der Waals surface area contributed by atoms with Gasteiger partial charge in [-0.05, 0) is 24.6 Å². The van der Waals surface area contributed by atoms with Crippen molar-refractivity contribution in [3.05, 3.63) is 29.0 Å². The molecule has 1 heterocycles. The number of nitrogens with zero attached hydrogens (tertiary/aromatic N) is 1. The monoisotopic (exact) mass is 256 g/mol. The van der Waals surface area contributed by atoms with Gasteiger partial charge in [0.25, 0.3) is 0 Å². The highest BCUT2D eigenvalue weighted by molar-refractivity contribution is 6.30. The number of rotatable bonds is 3. The van der Waals surface area contributed by atoms with Crippen molar-refractivity contribution in [1.82, 2.24) is 5.32 Å². The van der Waals surface area contributed by atoms with Gasteiger partial charge in [-0.2, -0.15) is 0 Å². The highest BCUT2D eigenvalue weighted by atomic mass is 35.5. The molecule has 1 aliphatic rings. The Morgan fingerprint density at radius 1 is 1.47 bits per heavy atom. The second kappa shape index (κ2) is 5.23. The molecule has 1 aromatic rings. The van der Waals surface area contributed by atoms with Crippen LogP contribution in [0.15, 0.2) is 18.2 Å². The molecule has 0 aromatic heterocycles. The molecule has 17 heavy (non-hydrogen) atoms. The van der Waals surface area contributed by atoms with Crippen LogP contribution in [0.1, 0.15) is 20.3 Å². The van der Waals surface area contributed by atoms with Crippen LogP contribution in [-0.4, -0.2) is 25.2 Å². The minimum Gasteiger partial charge on any atom is -0.368 e. The first-order valence-electron chi connectivity index (χ1n) is 6.02. The summed E-state index contributed by atoms with van der Waals surface area (Å²) in [6, 6.07) is 5.79. The number of benzene rings is 1. The Balaban J connectivity index is 2.05. The van der Waals surface area contributed by atoms with Crippen molar-refractivity contribution in [2.75, 3.05) is 18.0 Å². The Hall–Kier alpha value is -0.800. The van der Waals surface area contributed by atoms with Crippen LogP contribution in [0, 0.1) is 5.82 Å². The summed E-state index contributed by atoms with van der Waals surface area (Å²) < 4.78 is 13.7. The van der Waals surface area contributed by atoms with Crippen LogP contribution in [0.25, 0.3) is 0 Å². The Morgan fingerprint density at radius 3 is 2.88 bits per heavy atom. The second-order valence-electron chi connectivity index (χ2n) is 4.85. The lowest BCUT2D eigenvalue weighted by Crippen LogP contribution is -2.37. The first kappa shape index (κ1) is 12.7. The third-order valence-electron chi connectivity index (χ3n) is 3.01. The van der Waals surface area contributed by atoms with Crippen LogP contribution >= 0.6 is 11.6 Å². The second-order valence-corrected chi connectivity index (χ2v) is 5.29. The Morgan fingerprint density at radius 2 is 2.24 bits per heavy atom. The molecule has 2 rings (SSSR count). The van der Waals surface area contributed by atoms with Gasteiger partial charge in [-0.3, -0.25) is 0 Å². The zero-order valence-corrected chi connectivity index (χ0v) is 11.0. The molecular formula is C13H18ClFN2. The average Bonchev–Trinajstić information content (AvgIpc) is 2.65. The fourth-order valence-electron chi connectivity index (χ4n) is 2.32. The molecule has 1 N–H and O–H groups in total. The van der Waals surface area contributed by atoms with Gasteiger partial charge in [0.15, 0.2) is 0 Å². The normalized spacial score (nSPS) is 20.3. The quantitative estimate of drug-likeness (QED) is 0.894. The molecule has 2 nitrogen and oxygen atoms in total. The first-order valence-corrected chi connectivity index (χ1v) is 6.40. The van der Waals surface area contributed by atoms with E-state index in [9.17, 15) is 4.39 Å². The topological polar surface area (TPSA) is 15.3 Å². The highest BCUT2D eigenvalue weighted by Crippen LogP contribution is 2.26. The summed E-state index contributed by atoms with van der Waals surface area (Å²) in [7, 11) is 0. The van der Waals surface area contributed by atoms with Crippen LogP contribution in [0.4, 0.5) is 10.1 Å². The van der Waals surface area contributed by atoms with E-state index in [1.807, 2.05) is 0 Å². The smallest absolute Gasteiger partial charge is 0.147 e. The van der Waals surface area contributed by atoms with Gasteiger partial charge in [0.1, 0.15) is 5.82 Å². The van der Waals surface area contributed by atoms with E-state index in [0.29, 0.717) is 22.8 Å². The standard InChI is InChI=1S/C13H18ClFN2/c1-9(2)16-11-5-6-17(8-11)13-4-3-10(14)7-12(13)15/h3-4,7,9,11,16H,5-6,8H2,1-2H3. The SMILES string of the molecule is CC(C)NC1CCN(c2ccc(Cl)cc2F)C1. The van der Waals surface area contributed by atoms with E-state index in [0.717, 1.165) is 19.5 Å². The van der Waals surface area contributed by atoms with Gasteiger partial charge in [-0.15, -0.1) is 0 Å². The lowest BCUT2D eigenvalue weighted by Gasteiger charge is -2.20. The van der Waals surface area contributed by atoms with Crippen LogP contribution < -0.4 is 10.2 Å². The molecular weight excluding hydrogens is 239 g/mol. The van der Waals surface area contributed by atoms with Gasteiger partial charge in [-0.25, -0.2) is 4.39 Å². The van der Waals surface area contributed by atoms with E-state index in [-0.39, 0.29) is 5.82 Å². The van der Waals surface area contributed by atoms with Gasteiger partial charge in [0.2, 0.25) is 0 Å². The summed E-state index contributed by atoms with van der Waals surface area (Å²) in [6.07, 6.45) is 1.06. The Kier molecular flexibility index (Phi) is 3.89. The van der Waals surface area contributed by atoms with E-state index < -0.39 is 0 Å². The predicted molar refractivity (Wildman–Crippen MR) is 70.3 cm³/mol. The number of nitrogens with one attached hydrogen (secondary N) is 1. The molecule has 0 radical (unpaired) electrons. The van der Waals surface area contributed by atoms with E-state index in [2.05, 4.69) is 24.1 Å². The summed E-state index contributed by atoms with van der Waals surface area (Å²) in [5, 5.41) is 3.93. The number of halogens is 2. The molecule has 0 aliphatic carbocycles. The van der Waals surface area contributed by atoms with Crippen molar-refractivity contribution in [3.63, 3.8) is 0 Å². The minimum atomic E-state index is -0.234. The van der Waals surface area contributed by atoms with E-state index >= 15 is 0 Å². The molecule has 0 amide bonds. The Labute approximate surface area is 107 Å². The zero-order chi connectivity index (χ0) is 12.4. The highest BCUT2D eigenvalue weighted by Gasteiger charge is 2.24. The molecule has 1 aromatic carbocycles. The van der Waals surface area contributed by atoms with Crippen molar-refractivity contribution < 1.29 is 4.39 Å². The molecule has 1 atom stereocenters. The van der Waals surface area contributed by atoms with Crippen molar-refractivity contribution in [2.45, 2.75) is 32.4 Å².